The smallest absolute Gasteiger partial charge is 0.250 e. The molecule has 2 saturated carbocycles. The molecule has 4 rings (SSSR count). The highest BCUT2D eigenvalue weighted by atomic mass is 35.5. The molecule has 296 valence electrons. The first-order valence-corrected chi connectivity index (χ1v) is 20.7. The molecule has 0 radical (unpaired) electrons. The van der Waals surface area contributed by atoms with E-state index in [-0.39, 0.29) is 41.8 Å². The van der Waals surface area contributed by atoms with Gasteiger partial charge in [-0.1, -0.05) is 80.3 Å². The van der Waals surface area contributed by atoms with Crippen molar-refractivity contribution >= 4 is 35.0 Å². The summed E-state index contributed by atoms with van der Waals surface area (Å²) in [7, 11) is 0. The zero-order chi connectivity index (χ0) is 38.5. The third kappa shape index (κ3) is 14.1. The van der Waals surface area contributed by atoms with Crippen molar-refractivity contribution in [2.45, 2.75) is 154 Å². The third-order valence-electron chi connectivity index (χ3n) is 10.8. The summed E-state index contributed by atoms with van der Waals surface area (Å²) in [5.74, 6) is 0.375. The largest absolute Gasteiger partial charge is 0.364 e. The van der Waals surface area contributed by atoms with Crippen molar-refractivity contribution in [2.75, 3.05) is 13.1 Å². The van der Waals surface area contributed by atoms with E-state index in [4.69, 9.17) is 44.1 Å². The van der Waals surface area contributed by atoms with E-state index in [0.717, 1.165) is 48.8 Å². The molecule has 0 spiro atoms. The van der Waals surface area contributed by atoms with Crippen molar-refractivity contribution in [1.29, 1.82) is 0 Å². The van der Waals surface area contributed by atoms with Crippen LogP contribution in [0.5, 0.6) is 0 Å². The second-order valence-corrected chi connectivity index (χ2v) is 16.7. The molecule has 0 heterocycles. The molecule has 4 unspecified atom stereocenters. The van der Waals surface area contributed by atoms with Gasteiger partial charge in [0.05, 0.1) is 12.2 Å². The standard InChI is InChI=1S/C42H63Cl2FN4O4/c1-26(2)52-39(37(46)22-28-10-6-5-7-11-28)42(51)49-19-17-34-35(43)24-32(25-36(34)44)31-14-8-13-30(20-31)23-38(47)40(53-27(3)4)41(50)48-18-16-29-12-9-15-33(45)21-29/h9,12,15,21,24-28,30-31,37-40H,5-8,10-11,13-14,16-20,22-23,46-47H2,1-4H3,(H,48,50)(H,49,51)/t30?,31?,37-,38-,39?,40?/m1/s1. The molecule has 6 atom stereocenters. The summed E-state index contributed by atoms with van der Waals surface area (Å²) in [5.41, 5.74) is 16.0. The molecule has 2 amide bonds. The van der Waals surface area contributed by atoms with Crippen molar-refractivity contribution in [1.82, 2.24) is 10.6 Å². The predicted octanol–water partition coefficient (Wildman–Crippen LogP) is 8.03. The fourth-order valence-corrected chi connectivity index (χ4v) is 8.87. The Balaban J connectivity index is 1.30. The van der Waals surface area contributed by atoms with Crippen LogP contribution in [0.4, 0.5) is 4.39 Å². The zero-order valence-corrected chi connectivity index (χ0v) is 33.7. The van der Waals surface area contributed by atoms with Crippen LogP contribution in [0.15, 0.2) is 36.4 Å². The molecule has 53 heavy (non-hydrogen) atoms. The van der Waals surface area contributed by atoms with Gasteiger partial charge in [0, 0.05) is 35.2 Å². The van der Waals surface area contributed by atoms with Crippen LogP contribution in [0, 0.1) is 17.7 Å². The lowest BCUT2D eigenvalue weighted by molar-refractivity contribution is -0.138. The number of nitrogens with one attached hydrogen (secondary N) is 2. The Kier molecular flexibility index (Phi) is 17.8. The summed E-state index contributed by atoms with van der Waals surface area (Å²) < 4.78 is 25.6. The number of carbonyl (C=O) groups is 2. The van der Waals surface area contributed by atoms with Crippen LogP contribution in [0.1, 0.15) is 121 Å². The van der Waals surface area contributed by atoms with Crippen LogP contribution >= 0.6 is 23.2 Å². The van der Waals surface area contributed by atoms with Crippen molar-refractivity contribution in [2.24, 2.45) is 23.3 Å². The minimum atomic E-state index is -0.786. The molecule has 0 bridgehead atoms. The van der Waals surface area contributed by atoms with E-state index < -0.39 is 18.2 Å². The number of carbonyl (C=O) groups excluding carboxylic acids is 2. The van der Waals surface area contributed by atoms with Gasteiger partial charge in [0.15, 0.2) is 12.2 Å². The Hall–Kier alpha value is -2.27. The van der Waals surface area contributed by atoms with Crippen LogP contribution in [0.25, 0.3) is 0 Å². The average Bonchev–Trinajstić information content (AvgIpc) is 3.10. The molecular formula is C42H63Cl2FN4O4. The van der Waals surface area contributed by atoms with Gasteiger partial charge in [0.2, 0.25) is 0 Å². The quantitative estimate of drug-likeness (QED) is 0.114. The summed E-state index contributed by atoms with van der Waals surface area (Å²) in [4.78, 5) is 26.5. The predicted molar refractivity (Wildman–Crippen MR) is 213 cm³/mol. The lowest BCUT2D eigenvalue weighted by Crippen LogP contribution is -2.50. The zero-order valence-electron chi connectivity index (χ0n) is 32.2. The number of ether oxygens (including phenoxy) is 2. The van der Waals surface area contributed by atoms with Crippen molar-refractivity contribution in [3.8, 4) is 0 Å². The number of hydrogen-bond donors (Lipinski definition) is 4. The molecule has 2 aliphatic carbocycles. The first-order valence-electron chi connectivity index (χ1n) is 19.9. The lowest BCUT2D eigenvalue weighted by atomic mass is 9.75. The topological polar surface area (TPSA) is 129 Å². The molecular weight excluding hydrogens is 714 g/mol. The SMILES string of the molecule is CC(C)OC(C(=O)NCCc1c(Cl)cc(C2CCCC(C[C@@H](N)C(OC(C)C)C(=O)NCCc3cccc(F)c3)C2)cc1Cl)[C@H](N)CC1CCCCC1. The molecule has 11 heteroatoms. The van der Waals surface area contributed by atoms with Crippen LogP contribution in [0.3, 0.4) is 0 Å². The highest BCUT2D eigenvalue weighted by Gasteiger charge is 2.33. The summed E-state index contributed by atoms with van der Waals surface area (Å²) in [6, 6.07) is 9.57. The Morgan fingerprint density at radius 1 is 0.774 bits per heavy atom. The van der Waals surface area contributed by atoms with E-state index in [1.807, 2.05) is 45.9 Å². The van der Waals surface area contributed by atoms with Gasteiger partial charge in [-0.2, -0.15) is 0 Å². The Labute approximate surface area is 327 Å². The number of hydrogen-bond acceptors (Lipinski definition) is 6. The van der Waals surface area contributed by atoms with E-state index in [1.165, 1.54) is 44.2 Å². The van der Waals surface area contributed by atoms with Crippen molar-refractivity contribution in [3.05, 3.63) is 69.0 Å². The molecule has 2 aromatic rings. The molecule has 6 N–H and O–H groups in total. The highest BCUT2D eigenvalue weighted by molar-refractivity contribution is 6.36. The minimum absolute atomic E-state index is 0.117. The van der Waals surface area contributed by atoms with Gasteiger partial charge >= 0.3 is 0 Å². The van der Waals surface area contributed by atoms with Crippen LogP contribution in [0.2, 0.25) is 10.0 Å². The first-order chi connectivity index (χ1) is 25.3. The summed E-state index contributed by atoms with van der Waals surface area (Å²) in [6.07, 6.45) is 10.7. The molecule has 0 aliphatic heterocycles. The van der Waals surface area contributed by atoms with Crippen molar-refractivity contribution < 1.29 is 23.5 Å². The van der Waals surface area contributed by atoms with E-state index in [9.17, 15) is 14.0 Å². The van der Waals surface area contributed by atoms with Gasteiger partial charge in [-0.25, -0.2) is 4.39 Å². The average molecular weight is 778 g/mol. The normalized spacial score (nSPS) is 20.6. The Morgan fingerprint density at radius 2 is 1.32 bits per heavy atom. The highest BCUT2D eigenvalue weighted by Crippen LogP contribution is 2.41. The van der Waals surface area contributed by atoms with Gasteiger partial charge < -0.3 is 31.6 Å². The minimum Gasteiger partial charge on any atom is -0.364 e. The number of halogens is 3. The molecule has 2 aliphatic rings. The Bertz CT molecular complexity index is 1430. The third-order valence-corrected chi connectivity index (χ3v) is 11.4. The molecule has 0 aromatic heterocycles. The summed E-state index contributed by atoms with van der Waals surface area (Å²) in [5, 5.41) is 7.16. The molecule has 2 aromatic carbocycles. The van der Waals surface area contributed by atoms with Gasteiger partial charge in [-0.15, -0.1) is 0 Å². The van der Waals surface area contributed by atoms with E-state index >= 15 is 0 Å². The number of amides is 2. The van der Waals surface area contributed by atoms with E-state index in [2.05, 4.69) is 10.6 Å². The van der Waals surface area contributed by atoms with E-state index in [0.29, 0.717) is 54.2 Å². The van der Waals surface area contributed by atoms with Crippen LogP contribution < -0.4 is 22.1 Å². The molecule has 0 saturated heterocycles. The van der Waals surface area contributed by atoms with Gasteiger partial charge in [0.1, 0.15) is 5.82 Å². The second-order valence-electron chi connectivity index (χ2n) is 15.9. The molecule has 2 fully saturated rings. The maximum Gasteiger partial charge on any atom is 0.250 e. The van der Waals surface area contributed by atoms with Gasteiger partial charge in [-0.3, -0.25) is 9.59 Å². The van der Waals surface area contributed by atoms with Gasteiger partial charge in [-0.05, 0) is 125 Å². The monoisotopic (exact) mass is 776 g/mol. The summed E-state index contributed by atoms with van der Waals surface area (Å²) in [6.45, 7) is 8.38. The maximum absolute atomic E-state index is 13.6. The number of rotatable bonds is 19. The maximum atomic E-state index is 13.6. The molecule has 8 nitrogen and oxygen atoms in total. The van der Waals surface area contributed by atoms with Crippen LogP contribution in [-0.2, 0) is 31.9 Å². The second kappa shape index (κ2) is 21.7. The lowest BCUT2D eigenvalue weighted by Gasteiger charge is -2.33. The first kappa shape index (κ1) is 43.5. The number of nitrogens with two attached hydrogens (primary N) is 2. The fourth-order valence-electron chi connectivity index (χ4n) is 8.18. The Morgan fingerprint density at radius 3 is 1.89 bits per heavy atom. The van der Waals surface area contributed by atoms with Gasteiger partial charge in [0.25, 0.3) is 11.8 Å². The van der Waals surface area contributed by atoms with Crippen molar-refractivity contribution in [3.63, 3.8) is 0 Å². The van der Waals surface area contributed by atoms with Crippen LogP contribution in [-0.4, -0.2) is 61.4 Å². The van der Waals surface area contributed by atoms with E-state index in [1.54, 1.807) is 6.07 Å². The summed E-state index contributed by atoms with van der Waals surface area (Å²) >= 11 is 13.7. The number of benzene rings is 2. The fraction of sp³-hybridized carbons (Fsp3) is 0.667.